The predicted octanol–water partition coefficient (Wildman–Crippen LogP) is 4.62. The first kappa shape index (κ1) is 14.7. The van der Waals surface area contributed by atoms with Crippen molar-refractivity contribution in [3.63, 3.8) is 0 Å². The molecule has 24 heavy (non-hydrogen) atoms. The number of benzene rings is 2. The van der Waals surface area contributed by atoms with Crippen LogP contribution < -0.4 is 9.47 Å². The number of rotatable bonds is 2. The van der Waals surface area contributed by atoms with Crippen molar-refractivity contribution < 1.29 is 4.57 Å². The third kappa shape index (κ3) is 2.41. The first-order valence-corrected chi connectivity index (χ1v) is 8.36. The van der Waals surface area contributed by atoms with Gasteiger partial charge in [-0.3, -0.25) is 0 Å². The molecule has 3 aromatic rings. The van der Waals surface area contributed by atoms with E-state index in [2.05, 4.69) is 102 Å². The van der Waals surface area contributed by atoms with Crippen LogP contribution in [0.3, 0.4) is 0 Å². The number of aryl methyl sites for hydroxylation is 1. The maximum absolute atomic E-state index is 2.36. The van der Waals surface area contributed by atoms with Crippen LogP contribution in [0.5, 0.6) is 0 Å². The lowest BCUT2D eigenvalue weighted by molar-refractivity contribution is -0.574. The van der Waals surface area contributed by atoms with E-state index in [0.717, 1.165) is 6.54 Å². The fraction of sp³-hybridized carbons (Fsp3) is 0.136. The Morgan fingerprint density at radius 1 is 0.875 bits per heavy atom. The second-order valence-corrected chi connectivity index (χ2v) is 6.21. The number of hydrogen-bond donors (Lipinski definition) is 0. The van der Waals surface area contributed by atoms with Crippen LogP contribution in [-0.2, 0) is 0 Å². The summed E-state index contributed by atoms with van der Waals surface area (Å²) in [6.07, 6.45) is 8.51. The van der Waals surface area contributed by atoms with Crippen molar-refractivity contribution in [2.45, 2.75) is 13.8 Å². The fourth-order valence-electron chi connectivity index (χ4n) is 3.44. The maximum Gasteiger partial charge on any atom is 0.218 e. The van der Waals surface area contributed by atoms with Crippen molar-refractivity contribution in [2.24, 2.45) is 0 Å². The van der Waals surface area contributed by atoms with Gasteiger partial charge in [0.15, 0.2) is 5.69 Å². The van der Waals surface area contributed by atoms with E-state index in [-0.39, 0.29) is 0 Å². The summed E-state index contributed by atoms with van der Waals surface area (Å²) in [7, 11) is 0. The third-order valence-corrected chi connectivity index (χ3v) is 4.68. The molecular formula is C22H21N2+. The lowest BCUT2D eigenvalue weighted by Crippen LogP contribution is -2.36. The fourth-order valence-corrected chi connectivity index (χ4v) is 3.44. The highest BCUT2D eigenvalue weighted by atomic mass is 15.1. The molecule has 1 aliphatic heterocycles. The summed E-state index contributed by atoms with van der Waals surface area (Å²) in [5.74, 6) is 0. The largest absolute Gasteiger partial charge is 0.344 e. The Morgan fingerprint density at radius 3 is 2.58 bits per heavy atom. The van der Waals surface area contributed by atoms with Gasteiger partial charge in [0.05, 0.1) is 5.69 Å². The molecule has 1 aliphatic rings. The summed E-state index contributed by atoms with van der Waals surface area (Å²) in [5.41, 5.74) is 6.27. The topological polar surface area (TPSA) is 7.12 Å². The van der Waals surface area contributed by atoms with Gasteiger partial charge in [-0.25, -0.2) is 0 Å². The molecule has 2 heterocycles. The lowest BCUT2D eigenvalue weighted by Gasteiger charge is -2.23. The quantitative estimate of drug-likeness (QED) is 0.626. The van der Waals surface area contributed by atoms with E-state index < -0.39 is 0 Å². The first-order chi connectivity index (χ1) is 11.8. The molecule has 0 saturated carbocycles. The molecule has 0 radical (unpaired) electrons. The Morgan fingerprint density at radius 2 is 1.75 bits per heavy atom. The summed E-state index contributed by atoms with van der Waals surface area (Å²) >= 11 is 0. The van der Waals surface area contributed by atoms with Crippen molar-refractivity contribution in [3.8, 4) is 5.69 Å². The van der Waals surface area contributed by atoms with Crippen molar-refractivity contribution in [2.75, 3.05) is 11.4 Å². The highest BCUT2D eigenvalue weighted by molar-refractivity contribution is 5.76. The number of para-hydroxylation sites is 1. The molecule has 0 unspecified atom stereocenters. The highest BCUT2D eigenvalue weighted by Crippen LogP contribution is 2.26. The van der Waals surface area contributed by atoms with E-state index >= 15 is 0 Å². The van der Waals surface area contributed by atoms with Gasteiger partial charge in [-0.15, -0.1) is 0 Å². The highest BCUT2D eigenvalue weighted by Gasteiger charge is 2.20. The molecule has 0 saturated heterocycles. The maximum atomic E-state index is 2.36. The minimum absolute atomic E-state index is 0.917. The van der Waals surface area contributed by atoms with Gasteiger partial charge >= 0.3 is 0 Å². The average Bonchev–Trinajstić information content (AvgIpc) is 2.63. The zero-order chi connectivity index (χ0) is 16.5. The third-order valence-electron chi connectivity index (χ3n) is 4.68. The van der Waals surface area contributed by atoms with Gasteiger partial charge in [-0.2, -0.15) is 4.57 Å². The number of allylic oxidation sites excluding steroid dienone is 2. The summed E-state index contributed by atoms with van der Waals surface area (Å²) < 4.78 is 2.36. The van der Waals surface area contributed by atoms with Gasteiger partial charge in [0.1, 0.15) is 0 Å². The molecule has 0 amide bonds. The van der Waals surface area contributed by atoms with Crippen LogP contribution in [0.1, 0.15) is 11.3 Å². The van der Waals surface area contributed by atoms with Gasteiger partial charge in [0.25, 0.3) is 0 Å². The molecule has 118 valence electrons. The molecular weight excluding hydrogens is 292 g/mol. The molecule has 0 spiro atoms. The number of pyridine rings is 1. The number of hydrogen-bond acceptors (Lipinski definition) is 1. The Labute approximate surface area is 143 Å². The number of anilines is 1. The summed E-state index contributed by atoms with van der Waals surface area (Å²) in [5, 5.41) is 1.26. The monoisotopic (exact) mass is 313 g/mol. The molecule has 1 aromatic heterocycles. The Bertz CT molecular complexity index is 967. The molecule has 4 rings (SSSR count). The van der Waals surface area contributed by atoms with Crippen LogP contribution in [0, 0.1) is 13.8 Å². The Kier molecular flexibility index (Phi) is 3.66. The van der Waals surface area contributed by atoms with Gasteiger partial charge < -0.3 is 4.90 Å². The van der Waals surface area contributed by atoms with Crippen LogP contribution in [0.4, 0.5) is 5.69 Å². The van der Waals surface area contributed by atoms with Gasteiger partial charge in [-0.1, -0.05) is 30.4 Å². The van der Waals surface area contributed by atoms with E-state index in [4.69, 9.17) is 0 Å². The standard InChI is InChI=1S/C22H21N2/c1-17-13-14-19-9-4-5-10-22(19)24(17)21-12-8-11-20(18(21)2)23-15-6-3-7-16-23/h3-15H,16H2,1-2H3/q+1. The average molecular weight is 313 g/mol. The van der Waals surface area contributed by atoms with Gasteiger partial charge in [0, 0.05) is 48.8 Å². The van der Waals surface area contributed by atoms with Crippen LogP contribution in [0.15, 0.2) is 79.0 Å². The molecule has 2 heteroatoms. The minimum Gasteiger partial charge on any atom is -0.344 e. The summed E-state index contributed by atoms with van der Waals surface area (Å²) in [4.78, 5) is 2.29. The molecule has 0 bridgehead atoms. The SMILES string of the molecule is Cc1c(N2C=CC=CC2)cccc1-[n+]1c(C)ccc2ccccc21. The zero-order valence-electron chi connectivity index (χ0n) is 14.1. The second-order valence-electron chi connectivity index (χ2n) is 6.21. The molecule has 0 aliphatic carbocycles. The minimum atomic E-state index is 0.917. The molecule has 0 fully saturated rings. The van der Waals surface area contributed by atoms with Gasteiger partial charge in [-0.05, 0) is 31.2 Å². The summed E-state index contributed by atoms with van der Waals surface area (Å²) in [6.45, 7) is 5.30. The van der Waals surface area contributed by atoms with Gasteiger partial charge in [0.2, 0.25) is 11.2 Å². The molecule has 0 N–H and O–H groups in total. The van der Waals surface area contributed by atoms with Crippen LogP contribution in [0.2, 0.25) is 0 Å². The smallest absolute Gasteiger partial charge is 0.218 e. The van der Waals surface area contributed by atoms with Crippen molar-refractivity contribution >= 4 is 16.6 Å². The summed E-state index contributed by atoms with van der Waals surface area (Å²) in [6, 6.07) is 19.5. The zero-order valence-corrected chi connectivity index (χ0v) is 14.1. The number of nitrogens with zero attached hydrogens (tertiary/aromatic N) is 2. The molecule has 0 atom stereocenters. The van der Waals surface area contributed by atoms with Crippen LogP contribution >= 0.6 is 0 Å². The predicted molar refractivity (Wildman–Crippen MR) is 101 cm³/mol. The van der Waals surface area contributed by atoms with Crippen LogP contribution in [-0.4, -0.2) is 6.54 Å². The van der Waals surface area contributed by atoms with Crippen molar-refractivity contribution in [1.82, 2.24) is 0 Å². The second kappa shape index (κ2) is 5.97. The number of fused-ring (bicyclic) bond motifs is 1. The Balaban J connectivity index is 1.94. The van der Waals surface area contributed by atoms with E-state index in [1.165, 1.54) is 33.5 Å². The van der Waals surface area contributed by atoms with E-state index in [1.54, 1.807) is 0 Å². The van der Waals surface area contributed by atoms with Crippen LogP contribution in [0.25, 0.3) is 16.6 Å². The van der Waals surface area contributed by atoms with E-state index in [1.807, 2.05) is 0 Å². The van der Waals surface area contributed by atoms with E-state index in [0.29, 0.717) is 0 Å². The van der Waals surface area contributed by atoms with Crippen molar-refractivity contribution in [3.05, 3.63) is 90.3 Å². The number of aromatic nitrogens is 1. The first-order valence-electron chi connectivity index (χ1n) is 8.36. The van der Waals surface area contributed by atoms with Crippen molar-refractivity contribution in [1.29, 1.82) is 0 Å². The molecule has 2 nitrogen and oxygen atoms in total. The normalized spacial score (nSPS) is 13.7. The molecule has 2 aromatic carbocycles. The lowest BCUT2D eigenvalue weighted by atomic mass is 10.1. The Hall–Kier alpha value is -2.87. The van der Waals surface area contributed by atoms with E-state index in [9.17, 15) is 0 Å².